The first-order valence-corrected chi connectivity index (χ1v) is 6.51. The van der Waals surface area contributed by atoms with Crippen LogP contribution in [0.4, 0.5) is 0 Å². The maximum atomic E-state index is 9.62. The van der Waals surface area contributed by atoms with Crippen LogP contribution < -0.4 is 0 Å². The molecule has 0 aromatic rings. The summed E-state index contributed by atoms with van der Waals surface area (Å²) in [6.07, 6.45) is -0.575. The van der Waals surface area contributed by atoms with E-state index in [4.69, 9.17) is 5.11 Å². The Balaban J connectivity index is 2.50. The highest BCUT2D eigenvalue weighted by Gasteiger charge is 2.41. The zero-order chi connectivity index (χ0) is 10.0. The summed E-state index contributed by atoms with van der Waals surface area (Å²) in [4.78, 5) is 0. The highest BCUT2D eigenvalue weighted by atomic mass is 127. The molecule has 5 heteroatoms. The fraction of sp³-hybridized carbons (Fsp3) is 1.00. The van der Waals surface area contributed by atoms with Crippen molar-refractivity contribution in [2.24, 2.45) is 0 Å². The smallest absolute Gasteiger partial charge is 0.0950 e. The van der Waals surface area contributed by atoms with Gasteiger partial charge in [0.25, 0.3) is 0 Å². The number of rotatable bonds is 3. The minimum Gasteiger partial charge on any atom is -0.395 e. The maximum Gasteiger partial charge on any atom is 0.0950 e. The number of hydrogen-bond donors (Lipinski definition) is 3. The molecule has 0 aromatic carbocycles. The Hall–Kier alpha value is 0.960. The molecular formula is C8H15IO3S. The second-order valence-electron chi connectivity index (χ2n) is 3.39. The monoisotopic (exact) mass is 318 g/mol. The fourth-order valence-corrected chi connectivity index (χ4v) is 3.96. The first-order chi connectivity index (χ1) is 6.06. The molecule has 1 aliphatic heterocycles. The Bertz CT molecular complexity index is 167. The number of aliphatic hydroxyl groups is 3. The highest BCUT2D eigenvalue weighted by Crippen LogP contribution is 2.37. The molecule has 0 saturated carbocycles. The predicted octanol–water partition coefficient (Wildman–Crippen LogP) is 0.398. The number of aliphatic hydroxyl groups excluding tert-OH is 3. The van der Waals surface area contributed by atoms with E-state index in [0.717, 1.165) is 6.42 Å². The van der Waals surface area contributed by atoms with Gasteiger partial charge in [-0.05, 0) is 6.42 Å². The van der Waals surface area contributed by atoms with E-state index in [1.54, 1.807) is 0 Å². The van der Waals surface area contributed by atoms with E-state index >= 15 is 0 Å². The molecule has 0 amide bonds. The second-order valence-corrected chi connectivity index (χ2v) is 7.00. The first-order valence-electron chi connectivity index (χ1n) is 4.32. The number of thioether (sulfide) groups is 1. The molecule has 1 saturated heterocycles. The third kappa shape index (κ3) is 2.95. The van der Waals surface area contributed by atoms with Crippen molar-refractivity contribution in [3.05, 3.63) is 0 Å². The van der Waals surface area contributed by atoms with Crippen LogP contribution in [0, 0.1) is 0 Å². The molecule has 0 aromatic heterocycles. The molecule has 3 N–H and O–H groups in total. The van der Waals surface area contributed by atoms with E-state index in [1.807, 2.05) is 0 Å². The van der Waals surface area contributed by atoms with Crippen molar-refractivity contribution in [1.82, 2.24) is 0 Å². The quantitative estimate of drug-likeness (QED) is 0.521. The molecular weight excluding hydrogens is 303 g/mol. The minimum atomic E-state index is -0.768. The van der Waals surface area contributed by atoms with Crippen molar-refractivity contribution in [2.45, 2.75) is 40.0 Å². The lowest BCUT2D eigenvalue weighted by Crippen LogP contribution is -2.34. The third-order valence-electron chi connectivity index (χ3n) is 2.20. The van der Waals surface area contributed by atoms with Gasteiger partial charge in [0.15, 0.2) is 0 Å². The normalized spacial score (nSPS) is 42.2. The largest absolute Gasteiger partial charge is 0.395 e. The number of hydrogen-bond acceptors (Lipinski definition) is 4. The van der Waals surface area contributed by atoms with Gasteiger partial charge in [-0.25, -0.2) is 0 Å². The summed E-state index contributed by atoms with van der Waals surface area (Å²) in [5.74, 6) is 0. The highest BCUT2D eigenvalue weighted by molar-refractivity contribution is 14.1. The Morgan fingerprint density at radius 1 is 1.31 bits per heavy atom. The second kappa shape index (κ2) is 5.16. The van der Waals surface area contributed by atoms with Crippen molar-refractivity contribution in [2.75, 3.05) is 6.61 Å². The lowest BCUT2D eigenvalue weighted by Gasteiger charge is -2.16. The van der Waals surface area contributed by atoms with Crippen LogP contribution in [-0.4, -0.2) is 48.6 Å². The zero-order valence-corrected chi connectivity index (χ0v) is 10.4. The van der Waals surface area contributed by atoms with Crippen molar-refractivity contribution in [1.29, 1.82) is 0 Å². The molecule has 1 fully saturated rings. The fourth-order valence-electron chi connectivity index (χ4n) is 1.49. The molecule has 78 valence electrons. The Labute approximate surface area is 96.1 Å². The van der Waals surface area contributed by atoms with E-state index in [0.29, 0.717) is 3.92 Å². The molecule has 3 nitrogen and oxygen atoms in total. The van der Waals surface area contributed by atoms with E-state index < -0.39 is 12.2 Å². The van der Waals surface area contributed by atoms with Gasteiger partial charge in [0.05, 0.1) is 24.1 Å². The van der Waals surface area contributed by atoms with Crippen LogP contribution in [0.3, 0.4) is 0 Å². The standard InChI is InChI=1S/C8H15IO3S/c1-4(9)2-5-7(11)8(12)6(3-10)13-5/h4-8,10-12H,2-3H2,1H3/t4-,5?,6+,7-,8+/m0/s1. The van der Waals surface area contributed by atoms with Gasteiger partial charge in [-0.2, -0.15) is 0 Å². The molecule has 5 atom stereocenters. The van der Waals surface area contributed by atoms with Gasteiger partial charge in [-0.1, -0.05) is 29.5 Å². The molecule has 1 heterocycles. The SMILES string of the molecule is C[C@H](I)CC1S[C@H](CO)[C@@H](O)[C@H]1O. The Morgan fingerprint density at radius 2 is 1.85 bits per heavy atom. The average molecular weight is 318 g/mol. The van der Waals surface area contributed by atoms with Gasteiger partial charge < -0.3 is 15.3 Å². The summed E-state index contributed by atoms with van der Waals surface area (Å²) in [7, 11) is 0. The van der Waals surface area contributed by atoms with Crippen LogP contribution in [-0.2, 0) is 0 Å². The van der Waals surface area contributed by atoms with Crippen LogP contribution in [0.1, 0.15) is 13.3 Å². The summed E-state index contributed by atoms with van der Waals surface area (Å²) in [5, 5.41) is 27.9. The van der Waals surface area contributed by atoms with E-state index in [1.165, 1.54) is 11.8 Å². The molecule has 0 radical (unpaired) electrons. The van der Waals surface area contributed by atoms with E-state index in [9.17, 15) is 10.2 Å². The summed E-state index contributed by atoms with van der Waals surface area (Å²) >= 11 is 3.80. The van der Waals surface area contributed by atoms with E-state index in [2.05, 4.69) is 29.5 Å². The lowest BCUT2D eigenvalue weighted by atomic mass is 10.1. The van der Waals surface area contributed by atoms with Crippen LogP contribution >= 0.6 is 34.4 Å². The molecule has 13 heavy (non-hydrogen) atoms. The maximum absolute atomic E-state index is 9.62. The van der Waals surface area contributed by atoms with Crippen molar-refractivity contribution >= 4 is 34.4 Å². The van der Waals surface area contributed by atoms with Gasteiger partial charge in [0.1, 0.15) is 0 Å². The van der Waals surface area contributed by atoms with E-state index in [-0.39, 0.29) is 17.1 Å². The molecule has 1 unspecified atom stereocenters. The third-order valence-corrected chi connectivity index (χ3v) is 4.31. The lowest BCUT2D eigenvalue weighted by molar-refractivity contribution is 0.0193. The van der Waals surface area contributed by atoms with Crippen molar-refractivity contribution < 1.29 is 15.3 Å². The van der Waals surface area contributed by atoms with Gasteiger partial charge in [-0.3, -0.25) is 0 Å². The molecule has 1 aliphatic rings. The Kier molecular flexibility index (Phi) is 4.77. The van der Waals surface area contributed by atoms with Gasteiger partial charge >= 0.3 is 0 Å². The van der Waals surface area contributed by atoms with Gasteiger partial charge in [0, 0.05) is 9.17 Å². The number of alkyl halides is 1. The summed E-state index contributed by atoms with van der Waals surface area (Å²) < 4.78 is 0.481. The molecule has 0 aliphatic carbocycles. The molecule has 0 spiro atoms. The summed E-state index contributed by atoms with van der Waals surface area (Å²) in [5.41, 5.74) is 0. The predicted molar refractivity (Wildman–Crippen MR) is 62.4 cm³/mol. The van der Waals surface area contributed by atoms with Crippen LogP contribution in [0.15, 0.2) is 0 Å². The van der Waals surface area contributed by atoms with Crippen LogP contribution in [0.2, 0.25) is 0 Å². The topological polar surface area (TPSA) is 60.7 Å². The van der Waals surface area contributed by atoms with Crippen LogP contribution in [0.25, 0.3) is 0 Å². The van der Waals surface area contributed by atoms with Crippen LogP contribution in [0.5, 0.6) is 0 Å². The summed E-state index contributed by atoms with van der Waals surface area (Å²) in [6.45, 7) is 2.02. The number of halogens is 1. The van der Waals surface area contributed by atoms with Crippen molar-refractivity contribution in [3.63, 3.8) is 0 Å². The summed E-state index contributed by atoms with van der Waals surface area (Å²) in [6, 6.07) is 0. The Morgan fingerprint density at radius 3 is 2.23 bits per heavy atom. The van der Waals surface area contributed by atoms with Gasteiger partial charge in [0.2, 0.25) is 0 Å². The molecule has 0 bridgehead atoms. The molecule has 1 rings (SSSR count). The van der Waals surface area contributed by atoms with Crippen molar-refractivity contribution in [3.8, 4) is 0 Å². The average Bonchev–Trinajstić information content (AvgIpc) is 2.32. The minimum absolute atomic E-state index is 0.0605. The van der Waals surface area contributed by atoms with Gasteiger partial charge in [-0.15, -0.1) is 11.8 Å². The zero-order valence-electron chi connectivity index (χ0n) is 7.43. The first kappa shape index (κ1) is 12.0.